The monoisotopic (exact) mass is 493 g/mol. The van der Waals surface area contributed by atoms with E-state index >= 15 is 0 Å². The Morgan fingerprint density at radius 3 is 2.26 bits per heavy atom. The van der Waals surface area contributed by atoms with Gasteiger partial charge in [-0.25, -0.2) is 18.1 Å². The number of carbonyl (C=O) groups excluding carboxylic acids is 2. The van der Waals surface area contributed by atoms with Crippen LogP contribution in [0.2, 0.25) is 0 Å². The van der Waals surface area contributed by atoms with E-state index in [1.54, 1.807) is 67.6 Å². The highest BCUT2D eigenvalue weighted by atomic mass is 32.2. The average Bonchev–Trinajstić information content (AvgIpc) is 2.88. The van der Waals surface area contributed by atoms with Crippen molar-refractivity contribution < 1.29 is 22.7 Å². The SMILES string of the molecule is CCN(C(=O)C(Cc1ccc(OC)nc1)C(=O)NS(=O)(=O)/C=C/c1ccccc1)c1ccccc1. The largest absolute Gasteiger partial charge is 0.481 e. The van der Waals surface area contributed by atoms with Crippen molar-refractivity contribution in [2.24, 2.45) is 5.92 Å². The van der Waals surface area contributed by atoms with Crippen LogP contribution in [0.3, 0.4) is 0 Å². The number of aromatic nitrogens is 1. The van der Waals surface area contributed by atoms with Crippen molar-refractivity contribution in [2.45, 2.75) is 13.3 Å². The zero-order valence-corrected chi connectivity index (χ0v) is 20.3. The van der Waals surface area contributed by atoms with Gasteiger partial charge >= 0.3 is 0 Å². The van der Waals surface area contributed by atoms with Crippen LogP contribution in [0, 0.1) is 5.92 Å². The lowest BCUT2D eigenvalue weighted by molar-refractivity contribution is -0.132. The molecule has 3 rings (SSSR count). The molecule has 0 saturated heterocycles. The third-order valence-electron chi connectivity index (χ3n) is 5.19. The van der Waals surface area contributed by atoms with Crippen LogP contribution in [0.25, 0.3) is 6.08 Å². The molecule has 2 amide bonds. The quantitative estimate of drug-likeness (QED) is 0.434. The van der Waals surface area contributed by atoms with E-state index in [1.807, 2.05) is 16.9 Å². The van der Waals surface area contributed by atoms with Crippen molar-refractivity contribution in [3.8, 4) is 5.88 Å². The van der Waals surface area contributed by atoms with Crippen molar-refractivity contribution in [3.63, 3.8) is 0 Å². The Kier molecular flexibility index (Phi) is 8.74. The Morgan fingerprint density at radius 1 is 1.03 bits per heavy atom. The molecule has 1 heterocycles. The van der Waals surface area contributed by atoms with Gasteiger partial charge in [-0.05, 0) is 42.7 Å². The molecule has 1 aromatic heterocycles. The average molecular weight is 494 g/mol. The number of nitrogens with one attached hydrogen (secondary N) is 1. The summed E-state index contributed by atoms with van der Waals surface area (Å²) in [6.45, 7) is 2.09. The standard InChI is InChI=1S/C26H27N3O5S/c1-3-29(22-12-8-5-9-13-22)26(31)23(18-21-14-15-24(34-2)27-19-21)25(30)28-35(32,33)17-16-20-10-6-4-7-11-20/h4-17,19,23H,3,18H2,1-2H3,(H,28,30)/b17-16+. The number of ether oxygens (including phenoxy) is 1. The van der Waals surface area contributed by atoms with Gasteiger partial charge in [-0.2, -0.15) is 0 Å². The van der Waals surface area contributed by atoms with Gasteiger partial charge in [-0.3, -0.25) is 9.59 Å². The highest BCUT2D eigenvalue weighted by molar-refractivity contribution is 7.93. The van der Waals surface area contributed by atoms with Crippen LogP contribution in [0.15, 0.2) is 84.4 Å². The van der Waals surface area contributed by atoms with Crippen LogP contribution in [0.5, 0.6) is 5.88 Å². The maximum atomic E-state index is 13.5. The molecule has 0 bridgehead atoms. The smallest absolute Gasteiger partial charge is 0.257 e. The van der Waals surface area contributed by atoms with Gasteiger partial charge in [0.15, 0.2) is 0 Å². The van der Waals surface area contributed by atoms with E-state index in [1.165, 1.54) is 24.3 Å². The Balaban J connectivity index is 1.87. The fraction of sp³-hybridized carbons (Fsp3) is 0.192. The minimum atomic E-state index is -4.14. The summed E-state index contributed by atoms with van der Waals surface area (Å²) in [5.74, 6) is -2.36. The van der Waals surface area contributed by atoms with Crippen LogP contribution in [-0.4, -0.2) is 38.9 Å². The summed E-state index contributed by atoms with van der Waals surface area (Å²) in [7, 11) is -2.66. The molecule has 2 aromatic carbocycles. The lowest BCUT2D eigenvalue weighted by Crippen LogP contribution is -2.46. The Bertz CT molecular complexity index is 1260. The zero-order chi connectivity index (χ0) is 25.3. The molecule has 1 unspecified atom stereocenters. The maximum Gasteiger partial charge on any atom is 0.257 e. The van der Waals surface area contributed by atoms with Crippen LogP contribution < -0.4 is 14.4 Å². The number of nitrogens with zero attached hydrogens (tertiary/aromatic N) is 2. The minimum Gasteiger partial charge on any atom is -0.481 e. The number of methoxy groups -OCH3 is 1. The third-order valence-corrected chi connectivity index (χ3v) is 6.17. The van der Waals surface area contributed by atoms with Gasteiger partial charge in [-0.15, -0.1) is 0 Å². The lowest BCUT2D eigenvalue weighted by atomic mass is 9.98. The molecule has 0 saturated carbocycles. The van der Waals surface area contributed by atoms with Gasteiger partial charge in [0.25, 0.3) is 10.0 Å². The predicted molar refractivity (Wildman–Crippen MR) is 135 cm³/mol. The van der Waals surface area contributed by atoms with E-state index < -0.39 is 27.8 Å². The molecular weight excluding hydrogens is 466 g/mol. The van der Waals surface area contributed by atoms with Gasteiger partial charge in [0.05, 0.1) is 12.5 Å². The second kappa shape index (κ2) is 11.9. The van der Waals surface area contributed by atoms with E-state index in [2.05, 4.69) is 4.98 Å². The number of hydrogen-bond acceptors (Lipinski definition) is 6. The molecule has 0 aliphatic heterocycles. The second-order valence-corrected chi connectivity index (χ2v) is 9.17. The number of hydrogen-bond donors (Lipinski definition) is 1. The molecule has 0 fully saturated rings. The molecule has 0 aliphatic rings. The lowest BCUT2D eigenvalue weighted by Gasteiger charge is -2.26. The summed E-state index contributed by atoms with van der Waals surface area (Å²) >= 11 is 0. The summed E-state index contributed by atoms with van der Waals surface area (Å²) in [4.78, 5) is 32.3. The first-order valence-electron chi connectivity index (χ1n) is 11.0. The topological polar surface area (TPSA) is 106 Å². The highest BCUT2D eigenvalue weighted by Crippen LogP contribution is 2.20. The first-order chi connectivity index (χ1) is 16.8. The zero-order valence-electron chi connectivity index (χ0n) is 19.5. The summed E-state index contributed by atoms with van der Waals surface area (Å²) in [6, 6.07) is 21.0. The predicted octanol–water partition coefficient (Wildman–Crippen LogP) is 3.42. The van der Waals surface area contributed by atoms with Gasteiger partial charge in [0.1, 0.15) is 5.92 Å². The molecule has 0 spiro atoms. The Morgan fingerprint density at radius 2 is 1.69 bits per heavy atom. The van der Waals surface area contributed by atoms with Crippen molar-refractivity contribution in [2.75, 3.05) is 18.6 Å². The number of para-hydroxylation sites is 1. The molecule has 3 aromatic rings. The second-order valence-electron chi connectivity index (χ2n) is 7.61. The number of anilines is 1. The van der Waals surface area contributed by atoms with E-state index in [4.69, 9.17) is 4.74 Å². The fourth-order valence-electron chi connectivity index (χ4n) is 3.42. The number of benzene rings is 2. The summed E-state index contributed by atoms with van der Waals surface area (Å²) in [5.41, 5.74) is 1.85. The molecule has 0 aliphatic carbocycles. The van der Waals surface area contributed by atoms with Crippen LogP contribution in [0.4, 0.5) is 5.69 Å². The third kappa shape index (κ3) is 7.25. The summed E-state index contributed by atoms with van der Waals surface area (Å²) < 4.78 is 32.3. The molecular formula is C26H27N3O5S. The molecule has 182 valence electrons. The summed E-state index contributed by atoms with van der Waals surface area (Å²) in [5, 5.41) is 0.908. The van der Waals surface area contributed by atoms with Crippen molar-refractivity contribution >= 4 is 33.6 Å². The van der Waals surface area contributed by atoms with Gasteiger partial charge in [0, 0.05) is 24.5 Å². The van der Waals surface area contributed by atoms with Gasteiger partial charge < -0.3 is 9.64 Å². The van der Waals surface area contributed by atoms with E-state index in [0.717, 1.165) is 5.41 Å². The number of rotatable bonds is 10. The minimum absolute atomic E-state index is 0.0388. The van der Waals surface area contributed by atoms with E-state index in [-0.39, 0.29) is 6.42 Å². The van der Waals surface area contributed by atoms with E-state index in [9.17, 15) is 18.0 Å². The van der Waals surface area contributed by atoms with Gasteiger partial charge in [0.2, 0.25) is 17.7 Å². The molecule has 35 heavy (non-hydrogen) atoms. The number of carbonyl (C=O) groups is 2. The van der Waals surface area contributed by atoms with Crippen molar-refractivity contribution in [3.05, 3.63) is 95.5 Å². The Hall–Kier alpha value is -3.98. The molecule has 0 radical (unpaired) electrons. The fourth-order valence-corrected chi connectivity index (χ4v) is 4.25. The number of amides is 2. The first-order valence-corrected chi connectivity index (χ1v) is 12.5. The van der Waals surface area contributed by atoms with Crippen LogP contribution >= 0.6 is 0 Å². The van der Waals surface area contributed by atoms with Crippen molar-refractivity contribution in [1.29, 1.82) is 0 Å². The van der Waals surface area contributed by atoms with Gasteiger partial charge in [-0.1, -0.05) is 54.6 Å². The van der Waals surface area contributed by atoms with Crippen molar-refractivity contribution in [1.82, 2.24) is 9.71 Å². The summed E-state index contributed by atoms with van der Waals surface area (Å²) in [6.07, 6.45) is 2.83. The molecule has 9 heteroatoms. The van der Waals surface area contributed by atoms with Crippen LogP contribution in [-0.2, 0) is 26.0 Å². The number of sulfonamides is 1. The Labute approximate surface area is 205 Å². The molecule has 1 N–H and O–H groups in total. The van der Waals surface area contributed by atoms with Crippen LogP contribution in [0.1, 0.15) is 18.1 Å². The van der Waals surface area contributed by atoms with E-state index in [0.29, 0.717) is 29.2 Å². The molecule has 8 nitrogen and oxygen atoms in total. The maximum absolute atomic E-state index is 13.5. The normalized spacial score (nSPS) is 12.2. The number of pyridine rings is 1. The first kappa shape index (κ1) is 25.6. The highest BCUT2D eigenvalue weighted by Gasteiger charge is 2.33. The molecule has 1 atom stereocenters.